The molecule has 12 N–H and O–H groups in total. The Hall–Kier alpha value is -5.88. The molecular formula is C80H115Br2N7O6. The van der Waals surface area contributed by atoms with Crippen LogP contribution in [-0.2, 0) is 23.9 Å². The standard InChI is InChI=1S/C16H20O.C16H22.C15H20BrN.C15H22N2.C8H11N.C6H8O2.C4H7BrN2O2.H3N.H2O/c1-13(15-9-3-2-4-10-15)11-16(17)12-14-7-5-6-8-14;1-14(16-12-3-2-4-13-16)8-7-11-15-9-5-6-10-15;2*1-11(12-5-3-2-4-6-12)17-10-9-13-7-8-14(16)15(13)17;1-7(9)8-5-3-2-4-6-8;7-5-8-6-3-1-2-4-6;5-7-4(9)2-1-3(6)8;;/h2-5,7,9-10,13-14H,6,8,11-12H2,1H3;2-5,9,12-15H,6-8,10-11H2,1H3;2-6,11,13-15H,7-10H2,1H3;2-6,11,13-15H,7-10,16H2,1H3;2-7H,9H2,1H3;1,3,5-6H,2,4H2;1-2H2,(H2,6,8)(H,7,9);1H3;1H2/t13-,14?;14-,15?;2*11-,13?,14?,15?;7-;;;;/m00111..../s1. The zero-order valence-electron chi connectivity index (χ0n) is 57.5. The molecule has 13 nitrogen and oxygen atoms in total. The number of ketones is 1. The van der Waals surface area contributed by atoms with Crippen LogP contribution in [0.1, 0.15) is 214 Å². The maximum absolute atomic E-state index is 11.9. The summed E-state index contributed by atoms with van der Waals surface area (Å²) in [5, 5.41) is 0. The number of hydrogen-bond acceptors (Lipinski definition) is 10. The molecule has 5 aromatic rings. The predicted molar refractivity (Wildman–Crippen MR) is 400 cm³/mol. The van der Waals surface area contributed by atoms with Crippen LogP contribution in [0.5, 0.6) is 0 Å². The summed E-state index contributed by atoms with van der Waals surface area (Å²) in [5.74, 6) is 3.92. The fourth-order valence-electron chi connectivity index (χ4n) is 14.3. The van der Waals surface area contributed by atoms with Crippen molar-refractivity contribution in [2.75, 3.05) is 13.1 Å². The number of primary amides is 1. The lowest BCUT2D eigenvalue weighted by Gasteiger charge is -2.33. The zero-order valence-corrected chi connectivity index (χ0v) is 60.7. The van der Waals surface area contributed by atoms with E-state index in [0.29, 0.717) is 65.4 Å². The van der Waals surface area contributed by atoms with Gasteiger partial charge in [-0.15, -0.1) is 0 Å². The van der Waals surface area contributed by atoms with Gasteiger partial charge in [-0.3, -0.25) is 33.3 Å². The van der Waals surface area contributed by atoms with Crippen LogP contribution in [0, 0.1) is 23.7 Å². The summed E-state index contributed by atoms with van der Waals surface area (Å²) in [6.45, 7) is 14.1. The summed E-state index contributed by atoms with van der Waals surface area (Å²) < 4.78 is 6.82. The van der Waals surface area contributed by atoms with E-state index in [0.717, 1.165) is 55.9 Å². The van der Waals surface area contributed by atoms with Crippen molar-refractivity contribution in [3.05, 3.63) is 216 Å². The smallest absolute Gasteiger partial charge is 0.293 e. The van der Waals surface area contributed by atoms with E-state index in [4.69, 9.17) is 17.2 Å². The van der Waals surface area contributed by atoms with Gasteiger partial charge in [-0.1, -0.05) is 218 Å². The average Bonchev–Trinajstić information content (AvgIpc) is 1.65. The van der Waals surface area contributed by atoms with Gasteiger partial charge in [0.2, 0.25) is 11.8 Å². The Morgan fingerprint density at radius 3 is 1.48 bits per heavy atom. The molecule has 9 unspecified atom stereocenters. The fourth-order valence-corrected chi connectivity index (χ4v) is 15.5. The van der Waals surface area contributed by atoms with E-state index in [9.17, 15) is 19.2 Å². The van der Waals surface area contributed by atoms with Crippen LogP contribution in [0.2, 0.25) is 0 Å². The average molecular weight is 1430 g/mol. The molecular weight excluding hydrogens is 1310 g/mol. The predicted octanol–water partition coefficient (Wildman–Crippen LogP) is 17.2. The Morgan fingerprint density at radius 2 is 1.03 bits per heavy atom. The van der Waals surface area contributed by atoms with Gasteiger partial charge in [-0.05, 0) is 193 Å². The molecule has 0 spiro atoms. The number of carbonyl (C=O) groups is 4. The van der Waals surface area contributed by atoms with E-state index in [1.165, 1.54) is 112 Å². The van der Waals surface area contributed by atoms with Gasteiger partial charge in [0.25, 0.3) is 6.47 Å². The summed E-state index contributed by atoms with van der Waals surface area (Å²) in [6, 6.07) is 56.0. The van der Waals surface area contributed by atoms with Crippen molar-refractivity contribution in [2.24, 2.45) is 40.9 Å². The summed E-state index contributed by atoms with van der Waals surface area (Å²) in [6.07, 6.45) is 33.9. The molecule has 0 bridgehead atoms. The first-order valence-corrected chi connectivity index (χ1v) is 36.5. The summed E-state index contributed by atoms with van der Waals surface area (Å²) in [4.78, 5) is 48.1. The number of fused-ring (bicyclic) bond motifs is 2. The van der Waals surface area contributed by atoms with Crippen LogP contribution < -0.4 is 27.7 Å². The van der Waals surface area contributed by atoms with Gasteiger partial charge in [0.1, 0.15) is 11.9 Å². The summed E-state index contributed by atoms with van der Waals surface area (Å²) in [5.41, 5.74) is 23.5. The molecule has 0 radical (unpaired) electrons. The number of likely N-dealkylation sites (tertiary alicyclic amines) is 2. The third kappa shape index (κ3) is 28.6. The number of carbonyl (C=O) groups excluding carboxylic acids is 4. The molecule has 12 rings (SSSR count). The van der Waals surface area contributed by atoms with Crippen molar-refractivity contribution >= 4 is 56.1 Å². The Balaban J connectivity index is 0.000000240. The highest BCUT2D eigenvalue weighted by atomic mass is 79.9. The molecule has 14 atom stereocenters. The number of alkyl halides is 1. The van der Waals surface area contributed by atoms with E-state index in [-0.39, 0.29) is 42.5 Å². The maximum Gasteiger partial charge on any atom is 0.293 e. The lowest BCUT2D eigenvalue weighted by molar-refractivity contribution is -0.131. The van der Waals surface area contributed by atoms with Crippen molar-refractivity contribution in [2.45, 2.75) is 216 Å². The molecule has 2 saturated carbocycles. The van der Waals surface area contributed by atoms with Crippen molar-refractivity contribution in [3.63, 3.8) is 0 Å². The van der Waals surface area contributed by atoms with Crippen LogP contribution in [0.3, 0.4) is 0 Å². The second kappa shape index (κ2) is 45.6. The lowest BCUT2D eigenvalue weighted by Crippen LogP contribution is -2.43. The highest BCUT2D eigenvalue weighted by Crippen LogP contribution is 2.45. The first-order chi connectivity index (χ1) is 45.1. The number of benzene rings is 5. The molecule has 2 aliphatic heterocycles. The Kier molecular flexibility index (Phi) is 39.1. The van der Waals surface area contributed by atoms with Gasteiger partial charge in [0.15, 0.2) is 0 Å². The van der Waals surface area contributed by atoms with Gasteiger partial charge in [0, 0.05) is 82.9 Å². The fraction of sp³-hybridized carbons (Fsp3) is 0.500. The molecule has 4 fully saturated rings. The number of amides is 2. The van der Waals surface area contributed by atoms with Gasteiger partial charge in [-0.25, -0.2) is 0 Å². The van der Waals surface area contributed by atoms with Crippen LogP contribution in [0.15, 0.2) is 188 Å². The number of ether oxygens (including phenoxy) is 1. The van der Waals surface area contributed by atoms with E-state index in [1.807, 2.05) is 67.6 Å². The number of nitrogens with zero attached hydrogens (tertiary/aromatic N) is 2. The van der Waals surface area contributed by atoms with E-state index < -0.39 is 5.91 Å². The third-order valence-electron chi connectivity index (χ3n) is 19.7. The minimum absolute atomic E-state index is 0. The number of nitrogens with two attached hydrogens (primary N) is 3. The second-order valence-electron chi connectivity index (χ2n) is 26.6. The normalized spacial score (nSPS) is 23.9. The van der Waals surface area contributed by atoms with Crippen molar-refractivity contribution in [1.29, 1.82) is 0 Å². The van der Waals surface area contributed by atoms with E-state index in [1.54, 1.807) is 0 Å². The molecule has 5 aliphatic carbocycles. The van der Waals surface area contributed by atoms with E-state index >= 15 is 0 Å². The Labute approximate surface area is 587 Å². The van der Waals surface area contributed by atoms with Gasteiger partial charge in [0.05, 0.1) is 0 Å². The number of Topliss-reactive ketones (excluding diaryl/α,β-unsaturated/α-hetero) is 1. The van der Waals surface area contributed by atoms with Gasteiger partial charge >= 0.3 is 0 Å². The first-order valence-electron chi connectivity index (χ1n) is 34.8. The largest absolute Gasteiger partial charge is 0.460 e. The number of nitrogens with one attached hydrogen (secondary N) is 1. The molecule has 7 aliphatic rings. The van der Waals surface area contributed by atoms with Crippen LogP contribution in [0.4, 0.5) is 0 Å². The topological polar surface area (TPSA) is 241 Å². The van der Waals surface area contributed by atoms with Crippen LogP contribution in [-0.4, -0.2) is 81.5 Å². The molecule has 2 saturated heterocycles. The number of hydrogen-bond donors (Lipinski definition) is 5. The zero-order chi connectivity index (χ0) is 66.7. The van der Waals surface area contributed by atoms with Crippen molar-refractivity contribution in [3.8, 4) is 0 Å². The number of rotatable bonds is 20. The third-order valence-corrected chi connectivity index (χ3v) is 21.2. The van der Waals surface area contributed by atoms with Crippen LogP contribution >= 0.6 is 32.1 Å². The second-order valence-corrected chi connectivity index (χ2v) is 28.1. The van der Waals surface area contributed by atoms with Gasteiger partial charge in [-0.2, -0.15) is 0 Å². The summed E-state index contributed by atoms with van der Waals surface area (Å²) >= 11 is 6.60. The minimum Gasteiger partial charge on any atom is -0.460 e. The monoisotopic (exact) mass is 1430 g/mol. The van der Waals surface area contributed by atoms with Gasteiger partial charge < -0.3 is 33.6 Å². The maximum atomic E-state index is 11.9. The van der Waals surface area contributed by atoms with E-state index in [2.05, 4.69) is 206 Å². The molecule has 95 heavy (non-hydrogen) atoms. The number of halogens is 2. The molecule has 15 heteroatoms. The summed E-state index contributed by atoms with van der Waals surface area (Å²) in [7, 11) is 0. The quantitative estimate of drug-likeness (QED) is 0.0214. The first kappa shape index (κ1) is 81.5. The van der Waals surface area contributed by atoms with Crippen LogP contribution in [0.25, 0.3) is 0 Å². The Bertz CT molecular complexity index is 2910. The lowest BCUT2D eigenvalue weighted by atomic mass is 9.92. The number of allylic oxidation sites excluding steroid dienone is 5. The molecule has 0 aromatic heterocycles. The van der Waals surface area contributed by atoms with Crippen molar-refractivity contribution < 1.29 is 29.4 Å². The molecule has 2 heterocycles. The highest BCUT2D eigenvalue weighted by molar-refractivity contribution is 9.09. The Morgan fingerprint density at radius 1 is 0.579 bits per heavy atom. The molecule has 5 aromatic carbocycles. The SMILES string of the molecule is C[C@@H](CC(=O)CC1C=CCC1)c1ccccc1.C[C@@H](CCCC1C=CCC1)c1ccccc1.C[C@@H](N)c1ccccc1.C[C@H](c1ccccc1)N1CCC2CCC(Br)C21.C[C@H](c1ccccc1)N1CCC2CCC(N)C21.N.NC(=O)CCC(=O)NBr.O.O=COC1C=CCC1. The highest BCUT2D eigenvalue weighted by Gasteiger charge is 2.45. The van der Waals surface area contributed by atoms with Crippen molar-refractivity contribution in [1.82, 2.24) is 20.3 Å². The molecule has 520 valence electrons. The molecule has 2 amide bonds. The minimum atomic E-state index is -0.467.